The van der Waals surface area contributed by atoms with E-state index in [9.17, 15) is 5.26 Å². The van der Waals surface area contributed by atoms with Crippen molar-refractivity contribution in [3.05, 3.63) is 16.8 Å². The average molecular weight is 261 g/mol. The standard InChI is InChI=1S/C14H19N3O2/c1-8-5-12(6-9(2)18-8)19-14-13(7-15)10(3)11(4)16-17-14/h8-9,12H,5-6H2,1-4H3. The lowest BCUT2D eigenvalue weighted by atomic mass is 10.0. The molecule has 1 saturated heterocycles. The zero-order valence-electron chi connectivity index (χ0n) is 11.8. The van der Waals surface area contributed by atoms with Crippen molar-refractivity contribution in [2.75, 3.05) is 0 Å². The fourth-order valence-electron chi connectivity index (χ4n) is 2.40. The lowest BCUT2D eigenvalue weighted by Crippen LogP contribution is -2.36. The molecule has 19 heavy (non-hydrogen) atoms. The SMILES string of the molecule is Cc1nnc(OC2CC(C)OC(C)C2)c(C#N)c1C. The highest BCUT2D eigenvalue weighted by molar-refractivity contribution is 5.44. The summed E-state index contributed by atoms with van der Waals surface area (Å²) in [7, 11) is 0. The third kappa shape index (κ3) is 3.02. The van der Waals surface area contributed by atoms with E-state index in [0.29, 0.717) is 11.4 Å². The highest BCUT2D eigenvalue weighted by Gasteiger charge is 2.27. The van der Waals surface area contributed by atoms with Crippen LogP contribution in [-0.2, 0) is 4.74 Å². The van der Waals surface area contributed by atoms with Crippen LogP contribution in [0, 0.1) is 25.2 Å². The Morgan fingerprint density at radius 3 is 2.42 bits per heavy atom. The molecule has 0 N–H and O–H groups in total. The lowest BCUT2D eigenvalue weighted by Gasteiger charge is -2.32. The van der Waals surface area contributed by atoms with Crippen LogP contribution in [0.25, 0.3) is 0 Å². The highest BCUT2D eigenvalue weighted by Crippen LogP contribution is 2.26. The normalized spacial score (nSPS) is 26.8. The molecule has 0 spiro atoms. The van der Waals surface area contributed by atoms with Gasteiger partial charge in [-0.2, -0.15) is 10.4 Å². The number of rotatable bonds is 2. The van der Waals surface area contributed by atoms with E-state index in [1.54, 1.807) is 0 Å². The number of hydrogen-bond donors (Lipinski definition) is 0. The van der Waals surface area contributed by atoms with Crippen LogP contribution in [0.15, 0.2) is 0 Å². The molecule has 2 atom stereocenters. The van der Waals surface area contributed by atoms with Crippen molar-refractivity contribution in [3.8, 4) is 11.9 Å². The smallest absolute Gasteiger partial charge is 0.252 e. The first-order valence-electron chi connectivity index (χ1n) is 6.57. The van der Waals surface area contributed by atoms with Crippen LogP contribution in [0.3, 0.4) is 0 Å². The number of nitrogens with zero attached hydrogens (tertiary/aromatic N) is 3. The minimum Gasteiger partial charge on any atom is -0.472 e. The molecule has 1 aromatic rings. The molecule has 1 aliphatic heterocycles. The Balaban J connectivity index is 2.20. The van der Waals surface area contributed by atoms with Crippen LogP contribution in [0.5, 0.6) is 5.88 Å². The van der Waals surface area contributed by atoms with Crippen LogP contribution in [0.2, 0.25) is 0 Å². The number of aromatic nitrogens is 2. The first-order chi connectivity index (χ1) is 9.01. The second-order valence-corrected chi connectivity index (χ2v) is 5.17. The number of nitriles is 1. The fraction of sp³-hybridized carbons (Fsp3) is 0.643. The summed E-state index contributed by atoms with van der Waals surface area (Å²) in [6.07, 6.45) is 1.98. The monoisotopic (exact) mass is 261 g/mol. The maximum atomic E-state index is 9.23. The number of aryl methyl sites for hydroxylation is 1. The van der Waals surface area contributed by atoms with Crippen molar-refractivity contribution < 1.29 is 9.47 Å². The van der Waals surface area contributed by atoms with Gasteiger partial charge in [0.1, 0.15) is 17.7 Å². The van der Waals surface area contributed by atoms with Crippen molar-refractivity contribution in [2.45, 2.75) is 58.8 Å². The number of ether oxygens (including phenoxy) is 2. The van der Waals surface area contributed by atoms with Gasteiger partial charge in [0.2, 0.25) is 0 Å². The molecule has 1 aliphatic rings. The van der Waals surface area contributed by atoms with E-state index < -0.39 is 0 Å². The first-order valence-corrected chi connectivity index (χ1v) is 6.57. The van der Waals surface area contributed by atoms with Crippen LogP contribution in [0.4, 0.5) is 0 Å². The molecule has 2 rings (SSSR count). The molecule has 1 aromatic heterocycles. The van der Waals surface area contributed by atoms with Crippen molar-refractivity contribution in [2.24, 2.45) is 0 Å². The zero-order chi connectivity index (χ0) is 14.0. The topological polar surface area (TPSA) is 68.0 Å². The second kappa shape index (κ2) is 5.54. The van der Waals surface area contributed by atoms with Gasteiger partial charge >= 0.3 is 0 Å². The molecule has 0 aromatic carbocycles. The molecule has 102 valence electrons. The zero-order valence-corrected chi connectivity index (χ0v) is 11.8. The quantitative estimate of drug-likeness (QED) is 0.817. The Morgan fingerprint density at radius 2 is 1.84 bits per heavy atom. The van der Waals surface area contributed by atoms with Crippen molar-refractivity contribution in [1.82, 2.24) is 10.2 Å². The van der Waals surface area contributed by atoms with E-state index in [1.807, 2.05) is 27.7 Å². The second-order valence-electron chi connectivity index (χ2n) is 5.17. The van der Waals surface area contributed by atoms with E-state index >= 15 is 0 Å². The van der Waals surface area contributed by atoms with E-state index in [4.69, 9.17) is 9.47 Å². The molecule has 1 fully saturated rings. The third-order valence-electron chi connectivity index (χ3n) is 3.47. The summed E-state index contributed by atoms with van der Waals surface area (Å²) in [5.41, 5.74) is 2.08. The van der Waals surface area contributed by atoms with Gasteiger partial charge in [0.25, 0.3) is 5.88 Å². The summed E-state index contributed by atoms with van der Waals surface area (Å²) < 4.78 is 11.6. The fourth-order valence-corrected chi connectivity index (χ4v) is 2.40. The highest BCUT2D eigenvalue weighted by atomic mass is 16.5. The van der Waals surface area contributed by atoms with Gasteiger partial charge in [-0.05, 0) is 33.3 Å². The first kappa shape index (κ1) is 13.8. The predicted molar refractivity (Wildman–Crippen MR) is 69.9 cm³/mol. The summed E-state index contributed by atoms with van der Waals surface area (Å²) in [6.45, 7) is 7.77. The van der Waals surface area contributed by atoms with Crippen LogP contribution in [0.1, 0.15) is 43.5 Å². The minimum atomic E-state index is 0.0299. The van der Waals surface area contributed by atoms with Crippen molar-refractivity contribution in [3.63, 3.8) is 0 Å². The van der Waals surface area contributed by atoms with Crippen LogP contribution >= 0.6 is 0 Å². The third-order valence-corrected chi connectivity index (χ3v) is 3.47. The van der Waals surface area contributed by atoms with E-state index in [1.165, 1.54) is 0 Å². The molecular formula is C14H19N3O2. The molecule has 0 bridgehead atoms. The summed E-state index contributed by atoms with van der Waals surface area (Å²) in [5.74, 6) is 0.344. The van der Waals surface area contributed by atoms with Gasteiger partial charge in [0.05, 0.1) is 17.9 Å². The van der Waals surface area contributed by atoms with Crippen LogP contribution < -0.4 is 4.74 Å². The van der Waals surface area contributed by atoms with Gasteiger partial charge in [-0.1, -0.05) is 0 Å². The lowest BCUT2D eigenvalue weighted by molar-refractivity contribution is -0.0732. The van der Waals surface area contributed by atoms with Gasteiger partial charge in [-0.15, -0.1) is 5.10 Å². The van der Waals surface area contributed by atoms with Gasteiger partial charge in [-0.25, -0.2) is 0 Å². The van der Waals surface area contributed by atoms with E-state index in [2.05, 4.69) is 16.3 Å². The average Bonchev–Trinajstić information content (AvgIpc) is 2.33. The molecular weight excluding hydrogens is 242 g/mol. The van der Waals surface area contributed by atoms with Gasteiger partial charge < -0.3 is 9.47 Å². The maximum Gasteiger partial charge on any atom is 0.252 e. The van der Waals surface area contributed by atoms with E-state index in [0.717, 1.165) is 24.1 Å². The summed E-state index contributed by atoms with van der Waals surface area (Å²) >= 11 is 0. The Hall–Kier alpha value is -1.67. The Kier molecular flexibility index (Phi) is 4.01. The van der Waals surface area contributed by atoms with Crippen LogP contribution in [-0.4, -0.2) is 28.5 Å². The molecule has 2 heterocycles. The Morgan fingerprint density at radius 1 is 1.21 bits per heavy atom. The molecule has 5 nitrogen and oxygen atoms in total. The molecule has 0 saturated carbocycles. The van der Waals surface area contributed by atoms with E-state index in [-0.39, 0.29) is 18.3 Å². The number of hydrogen-bond acceptors (Lipinski definition) is 5. The largest absolute Gasteiger partial charge is 0.472 e. The molecule has 0 aliphatic carbocycles. The predicted octanol–water partition coefficient (Wildman–Crippen LogP) is 2.30. The molecule has 5 heteroatoms. The summed E-state index contributed by atoms with van der Waals surface area (Å²) in [6, 6.07) is 2.16. The molecule has 0 radical (unpaired) electrons. The Bertz CT molecular complexity index is 500. The Labute approximate surface area is 113 Å². The molecule has 0 amide bonds. The van der Waals surface area contributed by atoms with Gasteiger partial charge in [-0.3, -0.25) is 0 Å². The van der Waals surface area contributed by atoms with Gasteiger partial charge in [0.15, 0.2) is 0 Å². The summed E-state index contributed by atoms with van der Waals surface area (Å²) in [5, 5.41) is 17.3. The minimum absolute atomic E-state index is 0.0299. The molecule has 2 unspecified atom stereocenters. The maximum absolute atomic E-state index is 9.23. The van der Waals surface area contributed by atoms with Crippen molar-refractivity contribution in [1.29, 1.82) is 5.26 Å². The van der Waals surface area contributed by atoms with Crippen molar-refractivity contribution >= 4 is 0 Å². The summed E-state index contributed by atoms with van der Waals surface area (Å²) in [4.78, 5) is 0. The van der Waals surface area contributed by atoms with Gasteiger partial charge in [0, 0.05) is 12.8 Å².